The number of rotatable bonds is 4. The summed E-state index contributed by atoms with van der Waals surface area (Å²) in [6, 6.07) is 2.11. The van der Waals surface area contributed by atoms with Crippen molar-refractivity contribution in [2.24, 2.45) is 0 Å². The molecule has 1 atom stereocenters. The maximum Gasteiger partial charge on any atom is 0.223 e. The number of aromatic nitrogens is 4. The molecule has 2 N–H and O–H groups in total. The number of piperazine rings is 1. The predicted octanol–water partition coefficient (Wildman–Crippen LogP) is 1.41. The number of hydrogen-bond donors (Lipinski definition) is 1. The van der Waals surface area contributed by atoms with Crippen LogP contribution in [-0.4, -0.2) is 70.7 Å². The number of piperidine rings is 1. The summed E-state index contributed by atoms with van der Waals surface area (Å²) < 4.78 is 2.25. The van der Waals surface area contributed by atoms with Crippen LogP contribution in [0.2, 0.25) is 0 Å². The first kappa shape index (κ1) is 18.0. The minimum atomic E-state index is 0.360. The van der Waals surface area contributed by atoms with Crippen molar-refractivity contribution in [1.82, 2.24) is 24.4 Å². The second kappa shape index (κ2) is 7.72. The summed E-state index contributed by atoms with van der Waals surface area (Å²) in [6.45, 7) is 9.10. The first-order valence-corrected chi connectivity index (χ1v) is 9.98. The molecule has 8 nitrogen and oxygen atoms in total. The minimum absolute atomic E-state index is 0.360. The van der Waals surface area contributed by atoms with Gasteiger partial charge in [0, 0.05) is 70.2 Å². The van der Waals surface area contributed by atoms with E-state index in [1.165, 1.54) is 12.2 Å². The number of imidazole rings is 1. The average Bonchev–Trinajstić information content (AvgIpc) is 3.17. The zero-order valence-corrected chi connectivity index (χ0v) is 16.4. The summed E-state index contributed by atoms with van der Waals surface area (Å²) in [4.78, 5) is 20.7. The van der Waals surface area contributed by atoms with E-state index >= 15 is 0 Å². The Bertz CT molecular complexity index is 765. The normalized spacial score (nSPS) is 21.6. The first-order chi connectivity index (χ1) is 13.1. The molecule has 4 rings (SSSR count). The Hall–Kier alpha value is -2.35. The predicted molar refractivity (Wildman–Crippen MR) is 108 cm³/mol. The van der Waals surface area contributed by atoms with E-state index < -0.39 is 0 Å². The van der Waals surface area contributed by atoms with Crippen molar-refractivity contribution in [3.05, 3.63) is 24.3 Å². The molecule has 4 heterocycles. The third-order valence-corrected chi connectivity index (χ3v) is 5.74. The Labute approximate surface area is 161 Å². The van der Waals surface area contributed by atoms with E-state index in [1.807, 2.05) is 6.20 Å². The van der Waals surface area contributed by atoms with Crippen LogP contribution in [-0.2, 0) is 6.54 Å². The van der Waals surface area contributed by atoms with Crippen LogP contribution in [0.25, 0.3) is 0 Å². The highest BCUT2D eigenvalue weighted by atomic mass is 15.3. The minimum Gasteiger partial charge on any atom is -0.368 e. The van der Waals surface area contributed by atoms with Gasteiger partial charge < -0.3 is 25.0 Å². The van der Waals surface area contributed by atoms with Crippen LogP contribution in [0.15, 0.2) is 18.5 Å². The van der Waals surface area contributed by atoms with Gasteiger partial charge in [-0.1, -0.05) is 0 Å². The van der Waals surface area contributed by atoms with Crippen LogP contribution in [0.5, 0.6) is 0 Å². The van der Waals surface area contributed by atoms with Crippen LogP contribution >= 0.6 is 0 Å². The molecule has 2 aliphatic rings. The van der Waals surface area contributed by atoms with Crippen LogP contribution in [0.4, 0.5) is 17.6 Å². The lowest BCUT2D eigenvalue weighted by atomic mass is 9.97. The molecule has 0 saturated carbocycles. The lowest BCUT2D eigenvalue weighted by Gasteiger charge is -2.35. The zero-order valence-electron chi connectivity index (χ0n) is 16.4. The molecule has 0 aromatic carbocycles. The van der Waals surface area contributed by atoms with Gasteiger partial charge in [0.2, 0.25) is 5.95 Å². The van der Waals surface area contributed by atoms with Gasteiger partial charge in [-0.15, -0.1) is 0 Å². The zero-order chi connectivity index (χ0) is 18.8. The van der Waals surface area contributed by atoms with E-state index in [2.05, 4.69) is 60.5 Å². The van der Waals surface area contributed by atoms with Crippen LogP contribution in [0.1, 0.15) is 31.5 Å². The van der Waals surface area contributed by atoms with Crippen molar-refractivity contribution in [3.63, 3.8) is 0 Å². The fourth-order valence-corrected chi connectivity index (χ4v) is 4.14. The number of hydrogen-bond acceptors (Lipinski definition) is 7. The molecule has 1 unspecified atom stereocenters. The number of nitrogens with zero attached hydrogens (tertiary/aromatic N) is 7. The van der Waals surface area contributed by atoms with E-state index in [4.69, 9.17) is 5.73 Å². The van der Waals surface area contributed by atoms with Gasteiger partial charge in [-0.05, 0) is 26.8 Å². The molecule has 0 radical (unpaired) electrons. The Balaban J connectivity index is 1.54. The van der Waals surface area contributed by atoms with E-state index in [1.54, 1.807) is 0 Å². The van der Waals surface area contributed by atoms with Gasteiger partial charge >= 0.3 is 0 Å². The Morgan fingerprint density at radius 1 is 1.07 bits per heavy atom. The second-order valence-corrected chi connectivity index (χ2v) is 7.59. The monoisotopic (exact) mass is 370 g/mol. The lowest BCUT2D eigenvalue weighted by molar-refractivity contribution is 0.312. The molecule has 2 aromatic rings. The highest BCUT2D eigenvalue weighted by Gasteiger charge is 2.26. The van der Waals surface area contributed by atoms with E-state index in [0.29, 0.717) is 11.9 Å². The van der Waals surface area contributed by atoms with Crippen molar-refractivity contribution >= 4 is 17.6 Å². The van der Waals surface area contributed by atoms with E-state index in [0.717, 1.165) is 63.9 Å². The molecule has 2 aromatic heterocycles. The second-order valence-electron chi connectivity index (χ2n) is 7.59. The fraction of sp³-hybridized carbons (Fsp3) is 0.632. The molecule has 0 bridgehead atoms. The van der Waals surface area contributed by atoms with Crippen LogP contribution < -0.4 is 15.5 Å². The molecule has 27 heavy (non-hydrogen) atoms. The third-order valence-electron chi connectivity index (χ3n) is 5.74. The van der Waals surface area contributed by atoms with Gasteiger partial charge in [-0.25, -0.2) is 4.98 Å². The van der Waals surface area contributed by atoms with Gasteiger partial charge in [-0.2, -0.15) is 9.97 Å². The van der Waals surface area contributed by atoms with Crippen molar-refractivity contribution < 1.29 is 0 Å². The average molecular weight is 371 g/mol. The molecule has 2 aliphatic heterocycles. The van der Waals surface area contributed by atoms with Gasteiger partial charge in [0.1, 0.15) is 17.5 Å². The smallest absolute Gasteiger partial charge is 0.223 e. The molecule has 0 spiro atoms. The topological polar surface area (TPSA) is 79.3 Å². The summed E-state index contributed by atoms with van der Waals surface area (Å²) in [7, 11) is 2.16. The Morgan fingerprint density at radius 2 is 1.81 bits per heavy atom. The number of likely N-dealkylation sites (N-methyl/N-ethyl adjacent to an activating group) is 1. The molecule has 8 heteroatoms. The van der Waals surface area contributed by atoms with Crippen molar-refractivity contribution in [1.29, 1.82) is 0 Å². The van der Waals surface area contributed by atoms with Crippen molar-refractivity contribution in [2.75, 3.05) is 61.8 Å². The molecule has 0 amide bonds. The number of nitrogens with two attached hydrogens (primary N) is 1. The molecule has 2 fully saturated rings. The molecule has 146 valence electrons. The number of aryl methyl sites for hydroxylation is 1. The first-order valence-electron chi connectivity index (χ1n) is 9.98. The maximum atomic E-state index is 6.07. The van der Waals surface area contributed by atoms with Crippen molar-refractivity contribution in [2.45, 2.75) is 32.2 Å². The lowest BCUT2D eigenvalue weighted by Crippen LogP contribution is -2.45. The molecule has 2 saturated heterocycles. The highest BCUT2D eigenvalue weighted by Crippen LogP contribution is 2.30. The third kappa shape index (κ3) is 3.85. The standard InChI is InChI=1S/C19H30N8/c1-3-25-8-6-21-18(25)15-5-4-7-27(14-15)17-13-16(22-19(20)23-17)26-11-9-24(2)10-12-26/h6,8,13,15H,3-5,7,9-12,14H2,1-2H3,(H2,20,22,23). The maximum absolute atomic E-state index is 6.07. The van der Waals surface area contributed by atoms with Crippen molar-refractivity contribution in [3.8, 4) is 0 Å². The summed E-state index contributed by atoms with van der Waals surface area (Å²) in [6.07, 6.45) is 6.28. The SMILES string of the molecule is CCn1ccnc1C1CCCN(c2cc(N3CCN(C)CC3)nc(N)n2)C1. The van der Waals surface area contributed by atoms with Gasteiger partial charge in [-0.3, -0.25) is 0 Å². The molecular weight excluding hydrogens is 340 g/mol. The Kier molecular flexibility index (Phi) is 5.15. The number of nitrogen functional groups attached to an aromatic ring is 1. The number of anilines is 3. The summed E-state index contributed by atoms with van der Waals surface area (Å²) in [5, 5.41) is 0. The van der Waals surface area contributed by atoms with Gasteiger partial charge in [0.15, 0.2) is 0 Å². The van der Waals surface area contributed by atoms with E-state index in [9.17, 15) is 0 Å². The largest absolute Gasteiger partial charge is 0.368 e. The van der Waals surface area contributed by atoms with Crippen LogP contribution in [0.3, 0.4) is 0 Å². The quantitative estimate of drug-likeness (QED) is 0.872. The summed E-state index contributed by atoms with van der Waals surface area (Å²) in [5.41, 5.74) is 6.07. The van der Waals surface area contributed by atoms with Gasteiger partial charge in [0.05, 0.1) is 0 Å². The highest BCUT2D eigenvalue weighted by molar-refractivity contribution is 5.54. The van der Waals surface area contributed by atoms with E-state index in [-0.39, 0.29) is 0 Å². The van der Waals surface area contributed by atoms with Crippen LogP contribution in [0, 0.1) is 0 Å². The van der Waals surface area contributed by atoms with Gasteiger partial charge in [0.25, 0.3) is 0 Å². The molecule has 0 aliphatic carbocycles. The summed E-state index contributed by atoms with van der Waals surface area (Å²) >= 11 is 0. The molecular formula is C19H30N8. The summed E-state index contributed by atoms with van der Waals surface area (Å²) in [5.74, 6) is 3.86. The Morgan fingerprint density at radius 3 is 2.56 bits per heavy atom. The fourth-order valence-electron chi connectivity index (χ4n) is 4.14.